The molecule has 5 N–H and O–H groups in total. The number of aldehydes is 1. The first-order valence-corrected chi connectivity index (χ1v) is 38.5. The van der Waals surface area contributed by atoms with E-state index in [2.05, 4.69) is 49.9 Å². The summed E-state index contributed by atoms with van der Waals surface area (Å²) >= 11 is 34.3. The molecule has 1 amide bonds. The number of nitrogens with one attached hydrogen (secondary N) is 1. The van der Waals surface area contributed by atoms with Crippen LogP contribution in [0.15, 0.2) is 202 Å². The average molecular weight is 2140 g/mol. The number of carbonyl (C=O) groups is 4. The molecule has 0 spiro atoms. The number of halogens is 34. The van der Waals surface area contributed by atoms with Crippen molar-refractivity contribution in [2.45, 2.75) is 69.1 Å². The van der Waals surface area contributed by atoms with E-state index in [0.717, 1.165) is 142 Å². The zero-order valence-corrected chi connectivity index (χ0v) is 72.6. The van der Waals surface area contributed by atoms with Crippen LogP contribution < -0.4 is 11.1 Å². The van der Waals surface area contributed by atoms with Crippen LogP contribution in [0.5, 0.6) is 0 Å². The SMILES string of the molecule is CCOC(=O)/C=C/c1ccc(C(F)(F)F)cn1.Nc1ccc(-n2cnc(Cl)c2Cl)c(C(F)(F)F)c1.O=C(/C=C/c1ccc(C(F)(F)F)cn1)Nc1ccc(-n2cnc(Cl)c2Cl)c(C(F)(F)F)c1.O=C(O)/C=C/c1ccc(C(F)(F)F)cn1.O=Cc1ccc(C(F)(F)F)cn1.O=[N+]([O-])c1ccc(-n2cnc(Cl)c2Cl)c(C(F)(F)F)c1.O=[N+]([O-])c1ccc(F)c(C(F)(F)F)c1.OCc1ccc(C(F)(F)F)cn1. The molecule has 0 unspecified atom stereocenters. The van der Waals surface area contributed by atoms with Crippen molar-refractivity contribution in [1.82, 2.24) is 53.6 Å². The number of nitrogen functional groups attached to an aromatic ring is 1. The molecule has 0 atom stereocenters. The number of carbonyl (C=O) groups excluding carboxylic acids is 3. The predicted molar refractivity (Wildman–Crippen MR) is 442 cm³/mol. The lowest BCUT2D eigenvalue weighted by atomic mass is 10.1. The van der Waals surface area contributed by atoms with Crippen LogP contribution in [0.2, 0.25) is 30.9 Å². The highest BCUT2D eigenvalue weighted by Crippen LogP contribution is 2.43. The number of non-ortho nitro benzene ring substituents is 2. The number of nitro benzene ring substituents is 2. The van der Waals surface area contributed by atoms with E-state index < -0.39 is 156 Å². The van der Waals surface area contributed by atoms with E-state index in [1.807, 2.05) is 0 Å². The van der Waals surface area contributed by atoms with Crippen LogP contribution in [0.1, 0.15) is 90.3 Å². The number of pyridine rings is 5. The van der Waals surface area contributed by atoms with E-state index in [-0.39, 0.29) is 101 Å². The second kappa shape index (κ2) is 49.5. The Kier molecular flexibility index (Phi) is 41.1. The Morgan fingerprint density at radius 2 is 0.736 bits per heavy atom. The van der Waals surface area contributed by atoms with Crippen LogP contribution in [-0.4, -0.2) is 104 Å². The number of hydrogen-bond donors (Lipinski definition) is 4. The number of aliphatic carboxylic acids is 1. The summed E-state index contributed by atoms with van der Waals surface area (Å²) in [5, 5.41) is 38.7. The van der Waals surface area contributed by atoms with Crippen molar-refractivity contribution in [2.75, 3.05) is 17.7 Å². The summed E-state index contributed by atoms with van der Waals surface area (Å²) in [5.74, 6) is -4.09. The first kappa shape index (κ1) is 116. The van der Waals surface area contributed by atoms with Gasteiger partial charge in [-0.1, -0.05) is 69.6 Å². The van der Waals surface area contributed by atoms with Gasteiger partial charge in [0, 0.05) is 84.9 Å². The van der Waals surface area contributed by atoms with E-state index in [1.54, 1.807) is 6.92 Å². The zero-order chi connectivity index (χ0) is 106. The number of carboxylic acids is 1. The molecule has 140 heavy (non-hydrogen) atoms. The van der Waals surface area contributed by atoms with Crippen molar-refractivity contribution in [2.24, 2.45) is 0 Å². The number of carboxylic acid groups (broad SMARTS) is 1. The molecule has 0 aliphatic carbocycles. The van der Waals surface area contributed by atoms with Gasteiger partial charge in [-0.05, 0) is 134 Å². The molecule has 0 saturated heterocycles. The Balaban J connectivity index is 0.000000289. The fraction of sp³-hybridized carbons (Fsp3) is 0.150. The van der Waals surface area contributed by atoms with Crippen LogP contribution in [0.4, 0.5) is 146 Å². The summed E-state index contributed by atoms with van der Waals surface area (Å²) in [6.45, 7) is 1.55. The average Bonchev–Trinajstić information content (AvgIpc) is 1.57. The summed E-state index contributed by atoms with van der Waals surface area (Å²) in [6.07, 6.45) is -28.0. The van der Waals surface area contributed by atoms with Gasteiger partial charge in [0.1, 0.15) is 30.5 Å². The number of benzene rings is 4. The van der Waals surface area contributed by atoms with Crippen molar-refractivity contribution in [3.05, 3.63) is 337 Å². The standard InChI is InChI=1S/C19H10Cl2F6N4O.C11H10F3NO2.C10H4Cl2F3N3O2.C10H6Cl2F3N3.C9H6F3NO2.C7H3F4NO2.C7H6F3NO.C7H4F3NO/c20-16-17(21)31(9-29-16)14-5-3-12(7-13(14)19(25,26)27)30-15(32)6-4-11-2-1-10(8-28-11)18(22,23)24;1-2-17-10(16)6-5-9-4-3-8(7-15-9)11(12,13)14;11-8-9(12)17(4-16-8)7-2-1-5(18(19)20)3-6(7)10(13,14)15;11-8-9(12)18(4-17-8)7-2-1-5(16)3-6(7)10(13,14)15;10-9(11,12)6-1-2-7(13-5-6)3-4-8(14)15;8-6-2-1-4(12(13)14)3-5(6)7(9,10)11;2*8-7(9,10)5-1-2-6(4-12)11-3-5/h1-9H,(H,30,32);3-7H,2H2,1H3;1-4H;1-4H,16H2;1-5H,(H,14,15);1-3H;1-3,12H,4H2;1-4H/b6-4+;6-5+;;;4-3+;;;. The number of ether oxygens (including phenoxy) is 1. The lowest BCUT2D eigenvalue weighted by Crippen LogP contribution is -2.13. The van der Waals surface area contributed by atoms with Crippen LogP contribution in [0, 0.1) is 26.0 Å². The molecule has 748 valence electrons. The molecule has 4 aromatic carbocycles. The number of rotatable bonds is 15. The van der Waals surface area contributed by atoms with Crippen molar-refractivity contribution < 1.29 is 167 Å². The summed E-state index contributed by atoms with van der Waals surface area (Å²) in [5.41, 5.74) is -5.71. The van der Waals surface area contributed by atoms with Crippen molar-refractivity contribution >= 4 is 135 Å². The number of amides is 1. The first-order valence-electron chi connectivity index (χ1n) is 36.3. The Hall–Kier alpha value is -14.1. The highest BCUT2D eigenvalue weighted by Gasteiger charge is 2.41. The molecule has 0 aliphatic rings. The number of alkyl halides is 27. The molecule has 0 radical (unpaired) electrons. The quantitative estimate of drug-likeness (QED) is 0.0141. The summed E-state index contributed by atoms with van der Waals surface area (Å²) < 4.78 is 356. The topological polar surface area (TPSA) is 360 Å². The van der Waals surface area contributed by atoms with Gasteiger partial charge in [0.15, 0.2) is 37.2 Å². The van der Waals surface area contributed by atoms with Gasteiger partial charge < -0.3 is 26.0 Å². The van der Waals surface area contributed by atoms with Gasteiger partial charge in [0.25, 0.3) is 11.4 Å². The highest BCUT2D eigenvalue weighted by atomic mass is 35.5. The first-order chi connectivity index (χ1) is 64.6. The van der Waals surface area contributed by atoms with Crippen molar-refractivity contribution in [3.63, 3.8) is 0 Å². The van der Waals surface area contributed by atoms with Crippen LogP contribution in [0.3, 0.4) is 0 Å². The third-order valence-electron chi connectivity index (χ3n) is 16.0. The maximum atomic E-state index is 13.6. The lowest BCUT2D eigenvalue weighted by molar-refractivity contribution is -0.385. The molecular weight excluding hydrogens is 2090 g/mol. The number of nitro groups is 2. The smallest absolute Gasteiger partial charge is 0.419 e. The largest absolute Gasteiger partial charge is 0.478 e. The zero-order valence-electron chi connectivity index (χ0n) is 68.1. The summed E-state index contributed by atoms with van der Waals surface area (Å²) in [7, 11) is 0. The highest BCUT2D eigenvalue weighted by molar-refractivity contribution is 6.41. The van der Waals surface area contributed by atoms with E-state index in [0.29, 0.717) is 61.5 Å². The second-order valence-electron chi connectivity index (χ2n) is 25.7. The maximum Gasteiger partial charge on any atom is 0.419 e. The van der Waals surface area contributed by atoms with E-state index in [4.69, 9.17) is 85.6 Å². The van der Waals surface area contributed by atoms with Crippen LogP contribution in [0.25, 0.3) is 35.3 Å². The third kappa shape index (κ3) is 36.4. The fourth-order valence-electron chi connectivity index (χ4n) is 9.59. The molecule has 0 aliphatic heterocycles. The van der Waals surface area contributed by atoms with E-state index in [1.165, 1.54) is 30.3 Å². The predicted octanol–water partition coefficient (Wildman–Crippen LogP) is 25.3. The van der Waals surface area contributed by atoms with Crippen LogP contribution in [-0.2, 0) is 81.3 Å². The molecule has 0 fully saturated rings. The Labute approximate surface area is 792 Å². The molecule has 12 rings (SSSR count). The molecule has 0 bridgehead atoms. The van der Waals surface area contributed by atoms with Gasteiger partial charge >= 0.3 is 67.5 Å². The van der Waals surface area contributed by atoms with Crippen LogP contribution >= 0.6 is 69.6 Å². The minimum absolute atomic E-state index is 0.00779. The van der Waals surface area contributed by atoms with E-state index in [9.17, 15) is 162 Å². The number of aromatic nitrogens is 11. The van der Waals surface area contributed by atoms with E-state index >= 15 is 0 Å². The lowest BCUT2D eigenvalue weighted by Gasteiger charge is -2.15. The number of nitrogens with zero attached hydrogens (tertiary/aromatic N) is 13. The monoisotopic (exact) mass is 2140 g/mol. The Morgan fingerprint density at radius 1 is 0.414 bits per heavy atom. The number of esters is 1. The van der Waals surface area contributed by atoms with Gasteiger partial charge in [-0.15, -0.1) is 0 Å². The molecule has 0 saturated carbocycles. The number of aliphatic hydroxyl groups is 1. The third-order valence-corrected chi connectivity index (χ3v) is 18.2. The van der Waals surface area contributed by atoms with Gasteiger partial charge in [0.05, 0.1) is 113 Å². The second-order valence-corrected chi connectivity index (χ2v) is 27.9. The number of imidazole rings is 3. The Bertz CT molecular complexity index is 6360. The number of nitrogens with two attached hydrogens (primary N) is 1. The molecular formula is C80H49Cl6F28N15O11. The maximum absolute atomic E-state index is 13.6. The summed E-state index contributed by atoms with van der Waals surface area (Å²) in [6, 6.07) is 19.6. The molecule has 12 aromatic rings. The molecule has 60 heteroatoms. The van der Waals surface area contributed by atoms with Gasteiger partial charge in [-0.25, -0.2) is 28.9 Å². The van der Waals surface area contributed by atoms with Gasteiger partial charge in [-0.3, -0.25) is 68.4 Å². The number of aliphatic hydroxyl groups excluding tert-OH is 1. The number of anilines is 2. The molecule has 26 nitrogen and oxygen atoms in total. The van der Waals surface area contributed by atoms with Gasteiger partial charge in [-0.2, -0.15) is 119 Å². The van der Waals surface area contributed by atoms with Gasteiger partial charge in [0.2, 0.25) is 5.91 Å². The van der Waals surface area contributed by atoms with Crippen molar-refractivity contribution in [1.29, 1.82) is 0 Å². The normalized spacial score (nSPS) is 11.8. The summed E-state index contributed by atoms with van der Waals surface area (Å²) in [4.78, 5) is 89.9. The Morgan fingerprint density at radius 3 is 1.04 bits per heavy atom. The minimum Gasteiger partial charge on any atom is -0.478 e. The van der Waals surface area contributed by atoms with Crippen molar-refractivity contribution in [3.8, 4) is 17.1 Å². The molecule has 8 heterocycles. The fourth-order valence-corrected chi connectivity index (χ4v) is 10.5. The minimum atomic E-state index is -4.92. The molecule has 8 aromatic heterocycles. The number of hydrogen-bond acceptors (Lipinski definition) is 19.